The Morgan fingerprint density at radius 1 is 1.29 bits per heavy atom. The van der Waals surface area contributed by atoms with E-state index in [2.05, 4.69) is 11.6 Å². The fraction of sp³-hybridized carbons (Fsp3) is 0.312. The highest BCUT2D eigenvalue weighted by Crippen LogP contribution is 2.24. The summed E-state index contributed by atoms with van der Waals surface area (Å²) in [7, 11) is 0. The van der Waals surface area contributed by atoms with Crippen molar-refractivity contribution in [3.63, 3.8) is 0 Å². The van der Waals surface area contributed by atoms with E-state index in [0.717, 1.165) is 11.1 Å². The van der Waals surface area contributed by atoms with Gasteiger partial charge in [-0.05, 0) is 44.5 Å². The molecule has 0 fully saturated rings. The van der Waals surface area contributed by atoms with Gasteiger partial charge in [0.25, 0.3) is 0 Å². The molecule has 0 radical (unpaired) electrons. The van der Waals surface area contributed by atoms with Crippen molar-refractivity contribution >= 4 is 29.2 Å². The van der Waals surface area contributed by atoms with E-state index in [9.17, 15) is 18.4 Å². The molecule has 0 saturated heterocycles. The van der Waals surface area contributed by atoms with Crippen LogP contribution in [-0.2, 0) is 9.53 Å². The van der Waals surface area contributed by atoms with Crippen LogP contribution in [0.2, 0.25) is 0 Å². The number of ketones is 1. The molecule has 24 heavy (non-hydrogen) atoms. The summed E-state index contributed by atoms with van der Waals surface area (Å²) in [4.78, 5) is 24.3. The SMILES string of the molecule is CC(C)(C)OC(=O)N(/C=C/C(=O)C(F)(F)Cl)c1ccccc1C#N. The molecule has 1 amide bonds. The Morgan fingerprint density at radius 2 is 1.88 bits per heavy atom. The van der Waals surface area contributed by atoms with Crippen LogP contribution in [0.25, 0.3) is 0 Å². The van der Waals surface area contributed by atoms with E-state index in [0.29, 0.717) is 6.08 Å². The number of benzene rings is 1. The second-order valence-electron chi connectivity index (χ2n) is 5.66. The van der Waals surface area contributed by atoms with Gasteiger partial charge >= 0.3 is 11.5 Å². The molecular formula is C16H15ClF2N2O3. The first kappa shape index (κ1) is 19.6. The van der Waals surface area contributed by atoms with Crippen molar-refractivity contribution < 1.29 is 23.1 Å². The van der Waals surface area contributed by atoms with Gasteiger partial charge in [-0.2, -0.15) is 14.0 Å². The molecule has 0 atom stereocenters. The summed E-state index contributed by atoms with van der Waals surface area (Å²) in [6.07, 6.45) is 0.306. The molecule has 8 heteroatoms. The number of carbonyl (C=O) groups excluding carboxylic acids is 2. The average Bonchev–Trinajstić information content (AvgIpc) is 2.44. The van der Waals surface area contributed by atoms with E-state index in [4.69, 9.17) is 10.00 Å². The van der Waals surface area contributed by atoms with E-state index in [-0.39, 0.29) is 11.3 Å². The molecule has 128 valence electrons. The lowest BCUT2D eigenvalue weighted by molar-refractivity contribution is -0.128. The van der Waals surface area contributed by atoms with Gasteiger partial charge in [-0.3, -0.25) is 9.69 Å². The number of amides is 1. The van der Waals surface area contributed by atoms with Crippen molar-refractivity contribution in [2.75, 3.05) is 4.90 Å². The summed E-state index contributed by atoms with van der Waals surface area (Å²) in [5.74, 6) is -1.70. The van der Waals surface area contributed by atoms with Gasteiger partial charge in [-0.15, -0.1) is 0 Å². The Labute approximate surface area is 143 Å². The van der Waals surface area contributed by atoms with E-state index >= 15 is 0 Å². The lowest BCUT2D eigenvalue weighted by atomic mass is 10.2. The molecule has 0 N–H and O–H groups in total. The Balaban J connectivity index is 3.28. The molecule has 5 nitrogen and oxygen atoms in total. The van der Waals surface area contributed by atoms with Crippen molar-refractivity contribution in [3.05, 3.63) is 42.1 Å². The zero-order valence-corrected chi connectivity index (χ0v) is 14.0. The molecule has 0 unspecified atom stereocenters. The Bertz CT molecular complexity index is 700. The van der Waals surface area contributed by atoms with Crippen molar-refractivity contribution in [3.8, 4) is 6.07 Å². The molecule has 0 aliphatic carbocycles. The fourth-order valence-corrected chi connectivity index (χ4v) is 1.63. The van der Waals surface area contributed by atoms with Gasteiger partial charge in [0.1, 0.15) is 11.7 Å². The smallest absolute Gasteiger partial charge is 0.419 e. The monoisotopic (exact) mass is 356 g/mol. The highest BCUT2D eigenvalue weighted by Gasteiger charge is 2.34. The van der Waals surface area contributed by atoms with Gasteiger partial charge in [0.15, 0.2) is 0 Å². The fourth-order valence-electron chi connectivity index (χ4n) is 1.57. The minimum Gasteiger partial charge on any atom is -0.443 e. The molecule has 0 aromatic heterocycles. The number of para-hydroxylation sites is 1. The van der Waals surface area contributed by atoms with Crippen LogP contribution >= 0.6 is 11.6 Å². The maximum absolute atomic E-state index is 12.8. The highest BCUT2D eigenvalue weighted by molar-refractivity contribution is 6.34. The molecule has 0 aliphatic heterocycles. The quantitative estimate of drug-likeness (QED) is 0.598. The number of hydrogen-bond donors (Lipinski definition) is 0. The summed E-state index contributed by atoms with van der Waals surface area (Å²) in [5.41, 5.74) is -0.695. The number of alkyl halides is 3. The first-order chi connectivity index (χ1) is 11.0. The van der Waals surface area contributed by atoms with E-state index in [1.165, 1.54) is 12.1 Å². The topological polar surface area (TPSA) is 70.4 Å². The molecule has 0 bridgehead atoms. The second-order valence-corrected chi connectivity index (χ2v) is 6.13. The summed E-state index contributed by atoms with van der Waals surface area (Å²) in [5, 5.41) is 5.04. The predicted octanol–water partition coefficient (Wildman–Crippen LogP) is 4.21. The molecule has 1 rings (SSSR count). The Kier molecular flexibility index (Phi) is 6.04. The van der Waals surface area contributed by atoms with Crippen LogP contribution in [0.1, 0.15) is 26.3 Å². The van der Waals surface area contributed by atoms with Gasteiger partial charge in [0.05, 0.1) is 11.3 Å². The summed E-state index contributed by atoms with van der Waals surface area (Å²) in [6.45, 7) is 4.84. The summed E-state index contributed by atoms with van der Waals surface area (Å²) >= 11 is 4.64. The number of allylic oxidation sites excluding steroid dienone is 1. The van der Waals surface area contributed by atoms with Crippen LogP contribution in [0.5, 0.6) is 0 Å². The predicted molar refractivity (Wildman–Crippen MR) is 84.8 cm³/mol. The third-order valence-electron chi connectivity index (χ3n) is 2.53. The van der Waals surface area contributed by atoms with Crippen LogP contribution < -0.4 is 4.90 Å². The first-order valence-corrected chi connectivity index (χ1v) is 7.14. The van der Waals surface area contributed by atoms with Crippen LogP contribution in [0, 0.1) is 11.3 Å². The molecular weight excluding hydrogens is 342 g/mol. The molecule has 0 aliphatic rings. The third kappa shape index (κ3) is 5.63. The van der Waals surface area contributed by atoms with Gasteiger partial charge in [0, 0.05) is 12.3 Å². The molecule has 0 heterocycles. The van der Waals surface area contributed by atoms with Crippen LogP contribution in [0.4, 0.5) is 19.3 Å². The van der Waals surface area contributed by atoms with Gasteiger partial charge in [0.2, 0.25) is 5.78 Å². The Hall–Kier alpha value is -2.46. The number of ether oxygens (including phenoxy) is 1. The zero-order valence-electron chi connectivity index (χ0n) is 13.2. The standard InChI is InChI=1S/C16H15ClF2N2O3/c1-15(2,3)24-14(23)21(9-8-13(22)16(17,18)19)12-7-5-4-6-11(12)10-20/h4-9H,1-3H3/b9-8+. The van der Waals surface area contributed by atoms with E-state index < -0.39 is 22.9 Å². The lowest BCUT2D eigenvalue weighted by Gasteiger charge is -2.25. The number of carbonyl (C=O) groups is 2. The average molecular weight is 357 g/mol. The second kappa shape index (κ2) is 7.41. The van der Waals surface area contributed by atoms with Crippen molar-refractivity contribution in [2.24, 2.45) is 0 Å². The maximum atomic E-state index is 12.8. The number of nitriles is 1. The largest absolute Gasteiger partial charge is 0.443 e. The van der Waals surface area contributed by atoms with Crippen LogP contribution in [0.15, 0.2) is 36.5 Å². The number of hydrogen-bond acceptors (Lipinski definition) is 4. The first-order valence-electron chi connectivity index (χ1n) is 6.76. The normalized spacial score (nSPS) is 11.9. The van der Waals surface area contributed by atoms with Crippen LogP contribution in [-0.4, -0.2) is 22.9 Å². The van der Waals surface area contributed by atoms with Crippen molar-refractivity contribution in [2.45, 2.75) is 31.8 Å². The van der Waals surface area contributed by atoms with Crippen molar-refractivity contribution in [1.82, 2.24) is 0 Å². The molecule has 1 aromatic rings. The van der Waals surface area contributed by atoms with Crippen molar-refractivity contribution in [1.29, 1.82) is 5.26 Å². The zero-order chi connectivity index (χ0) is 18.5. The van der Waals surface area contributed by atoms with Gasteiger partial charge in [-0.1, -0.05) is 12.1 Å². The van der Waals surface area contributed by atoms with Gasteiger partial charge < -0.3 is 4.74 Å². The molecule has 0 saturated carbocycles. The maximum Gasteiger partial charge on any atom is 0.419 e. The van der Waals surface area contributed by atoms with Gasteiger partial charge in [-0.25, -0.2) is 4.79 Å². The molecule has 1 aromatic carbocycles. The summed E-state index contributed by atoms with van der Waals surface area (Å²) in [6, 6.07) is 7.82. The number of rotatable bonds is 4. The summed E-state index contributed by atoms with van der Waals surface area (Å²) < 4.78 is 30.7. The highest BCUT2D eigenvalue weighted by atomic mass is 35.5. The number of halogens is 3. The van der Waals surface area contributed by atoms with E-state index in [1.807, 2.05) is 6.07 Å². The number of nitrogens with zero attached hydrogens (tertiary/aromatic N) is 2. The Morgan fingerprint density at radius 3 is 2.38 bits per heavy atom. The third-order valence-corrected chi connectivity index (χ3v) is 2.71. The lowest BCUT2D eigenvalue weighted by Crippen LogP contribution is -2.34. The molecule has 0 spiro atoms. The van der Waals surface area contributed by atoms with E-state index in [1.54, 1.807) is 32.9 Å². The minimum atomic E-state index is -4.09. The minimum absolute atomic E-state index is 0.0798. The van der Waals surface area contributed by atoms with Crippen LogP contribution in [0.3, 0.4) is 0 Å². The number of anilines is 1.